The van der Waals surface area contributed by atoms with Gasteiger partial charge >= 0.3 is 36.0 Å². The molecule has 0 radical (unpaired) electrons. The first kappa shape index (κ1) is 42.3. The van der Waals surface area contributed by atoms with Gasteiger partial charge in [0.25, 0.3) is 0 Å². The van der Waals surface area contributed by atoms with Crippen molar-refractivity contribution in [2.45, 2.75) is 86.5 Å². The molecule has 0 aromatic heterocycles. The highest BCUT2D eigenvalue weighted by Gasteiger charge is 2.74. The highest BCUT2D eigenvalue weighted by Crippen LogP contribution is 2.66. The van der Waals surface area contributed by atoms with Crippen molar-refractivity contribution in [2.75, 3.05) is 26.7 Å². The number of halogens is 3. The number of amides is 2. The van der Waals surface area contributed by atoms with Crippen LogP contribution in [0, 0.1) is 0 Å². The zero-order valence-corrected chi connectivity index (χ0v) is 29.0. The summed E-state index contributed by atoms with van der Waals surface area (Å²) < 4.78 is 50.2. The monoisotopic (exact) mass is 789 g/mol. The number of likely N-dealkylation sites (N-methyl/N-ethyl adjacent to an activating group) is 1. The minimum absolute atomic E-state index is 0.103. The Morgan fingerprint density at radius 1 is 0.945 bits per heavy atom. The van der Waals surface area contributed by atoms with Crippen LogP contribution >= 0.6 is 0 Å². The quantitative estimate of drug-likeness (QED) is 0.106. The molecule has 2 heterocycles. The molecule has 302 valence electrons. The molecule has 6 atom stereocenters. The highest BCUT2D eigenvalue weighted by atomic mass is 19.4. The lowest BCUT2D eigenvalue weighted by Crippen LogP contribution is -2.75. The summed E-state index contributed by atoms with van der Waals surface area (Å²) in [5.41, 5.74) is -0.795. The number of hydrogen-bond donors (Lipinski definition) is 8. The minimum atomic E-state index is -5.08. The van der Waals surface area contributed by atoms with Crippen LogP contribution in [0.25, 0.3) is 0 Å². The molecule has 19 nitrogen and oxygen atoms in total. The first-order valence-electron chi connectivity index (χ1n) is 16.6. The lowest BCUT2D eigenvalue weighted by molar-refractivity contribution is -0.206. The molecule has 55 heavy (non-hydrogen) atoms. The average molecular weight is 790 g/mol. The van der Waals surface area contributed by atoms with Crippen LogP contribution in [0.15, 0.2) is 24.0 Å². The standard InChI is InChI=1S/C31H37N3O14.C2HF3O2/c1-34-11-8-30-25-15-2-3-16(35)26(25)47-27(30)19(46-23(40)5-9-32-21(38)13-17(36)28(42)43)4-7-31(30,20(34)12-15)48-24(41)6-10-33-22(39)14-18(37)29(44)45;3-2(4,5)1(6)7/h2-4,17-18,20,27,35-37H,5-14H2,1H3,(H,32,38)(H,33,39)(H,42,43)(H,44,45);(H,6,7)/t17?,18?,20-,27+,30+,31-;/m1./s1. The molecule has 1 spiro atoms. The molecule has 5 rings (SSSR count). The van der Waals surface area contributed by atoms with Crippen LogP contribution in [-0.4, -0.2) is 140 Å². The minimum Gasteiger partial charge on any atom is -0.504 e. The van der Waals surface area contributed by atoms with Gasteiger partial charge in [0.1, 0.15) is 11.4 Å². The molecular formula is C33H38F3N3O16. The van der Waals surface area contributed by atoms with Crippen molar-refractivity contribution in [1.29, 1.82) is 0 Å². The maximum atomic E-state index is 13.4. The number of nitrogens with one attached hydrogen (secondary N) is 2. The molecule has 1 aromatic rings. The molecule has 2 unspecified atom stereocenters. The number of aliphatic hydroxyl groups excluding tert-OH is 2. The predicted molar refractivity (Wildman–Crippen MR) is 172 cm³/mol. The second-order valence-corrected chi connectivity index (χ2v) is 13.1. The maximum absolute atomic E-state index is 13.4. The normalized spacial score (nSPS) is 24.2. The van der Waals surface area contributed by atoms with Crippen molar-refractivity contribution in [2.24, 2.45) is 0 Å². The Morgan fingerprint density at radius 3 is 2.02 bits per heavy atom. The van der Waals surface area contributed by atoms with Crippen molar-refractivity contribution in [1.82, 2.24) is 15.5 Å². The third kappa shape index (κ3) is 8.75. The molecule has 2 amide bonds. The number of hydrogen-bond acceptors (Lipinski definition) is 14. The van der Waals surface area contributed by atoms with Crippen molar-refractivity contribution in [3.8, 4) is 11.5 Å². The first-order chi connectivity index (χ1) is 25.6. The Kier molecular flexibility index (Phi) is 12.7. The highest BCUT2D eigenvalue weighted by molar-refractivity contribution is 5.84. The van der Waals surface area contributed by atoms with E-state index >= 15 is 0 Å². The summed E-state index contributed by atoms with van der Waals surface area (Å²) in [5.74, 6) is -8.61. The number of carboxylic acid groups (broad SMARTS) is 3. The SMILES string of the molecule is CN1CC[C@]23c4c5ccc(O)c4O[C@H]2C(OC(=O)CCNC(=O)CC(O)C(=O)O)=CC[C@@]3(OC(=O)CCNC(=O)CC(O)C(=O)O)[C@H]1C5.O=C(O)C(F)(F)F. The summed E-state index contributed by atoms with van der Waals surface area (Å²) in [6.07, 6.45) is -9.22. The van der Waals surface area contributed by atoms with Gasteiger partial charge in [-0.25, -0.2) is 14.4 Å². The van der Waals surface area contributed by atoms with E-state index in [1.54, 1.807) is 12.1 Å². The van der Waals surface area contributed by atoms with Crippen LogP contribution in [0.2, 0.25) is 0 Å². The Hall–Kier alpha value is -5.48. The number of phenols is 1. The average Bonchev–Trinajstić information content (AvgIpc) is 3.44. The molecule has 0 saturated carbocycles. The molecule has 1 fully saturated rings. The van der Waals surface area contributed by atoms with Gasteiger partial charge in [0.15, 0.2) is 29.8 Å². The zero-order chi connectivity index (χ0) is 41.0. The number of esters is 2. The Balaban J connectivity index is 0.000000876. The van der Waals surface area contributed by atoms with Crippen molar-refractivity contribution >= 4 is 41.7 Å². The second kappa shape index (κ2) is 16.5. The third-order valence-corrected chi connectivity index (χ3v) is 9.72. The molecule has 4 aliphatic rings. The number of carboxylic acids is 3. The van der Waals surface area contributed by atoms with Crippen LogP contribution in [0.5, 0.6) is 11.5 Å². The number of benzene rings is 1. The van der Waals surface area contributed by atoms with E-state index in [1.807, 2.05) is 7.05 Å². The van der Waals surface area contributed by atoms with E-state index in [9.17, 15) is 57.3 Å². The molecule has 1 saturated heterocycles. The largest absolute Gasteiger partial charge is 0.504 e. The maximum Gasteiger partial charge on any atom is 0.490 e. The number of aliphatic hydroxyl groups is 2. The number of carbonyl (C=O) groups is 7. The van der Waals surface area contributed by atoms with Gasteiger partial charge in [-0.2, -0.15) is 13.2 Å². The van der Waals surface area contributed by atoms with Crippen molar-refractivity contribution < 1.29 is 91.6 Å². The van der Waals surface area contributed by atoms with Gasteiger partial charge in [-0.3, -0.25) is 24.1 Å². The van der Waals surface area contributed by atoms with E-state index in [2.05, 4.69) is 15.5 Å². The molecule has 1 aromatic carbocycles. The van der Waals surface area contributed by atoms with Gasteiger partial charge in [0.05, 0.1) is 37.1 Å². The van der Waals surface area contributed by atoms with E-state index in [1.165, 1.54) is 6.07 Å². The van der Waals surface area contributed by atoms with Crippen LogP contribution in [0.1, 0.15) is 49.7 Å². The number of nitrogens with zero attached hydrogens (tertiary/aromatic N) is 1. The number of aliphatic carboxylic acids is 3. The molecule has 8 N–H and O–H groups in total. The number of aromatic hydroxyl groups is 1. The number of piperidine rings is 1. The van der Waals surface area contributed by atoms with Crippen molar-refractivity contribution in [3.05, 3.63) is 35.1 Å². The molecule has 2 aliphatic carbocycles. The van der Waals surface area contributed by atoms with Crippen LogP contribution in [-0.2, 0) is 54.9 Å². The summed E-state index contributed by atoms with van der Waals surface area (Å²) in [6.45, 7) is 0.176. The fourth-order valence-electron chi connectivity index (χ4n) is 7.32. The summed E-state index contributed by atoms with van der Waals surface area (Å²) in [5, 5.41) is 59.1. The lowest BCUT2D eigenvalue weighted by atomic mass is 9.50. The summed E-state index contributed by atoms with van der Waals surface area (Å²) in [4.78, 5) is 82.9. The number of carbonyl (C=O) groups excluding carboxylic acids is 4. The number of likely N-dealkylation sites (tertiary alicyclic amines) is 1. The summed E-state index contributed by atoms with van der Waals surface area (Å²) >= 11 is 0. The van der Waals surface area contributed by atoms with Crippen LogP contribution in [0.4, 0.5) is 13.2 Å². The summed E-state index contributed by atoms with van der Waals surface area (Å²) in [7, 11) is 1.90. The van der Waals surface area contributed by atoms with E-state index in [-0.39, 0.29) is 55.7 Å². The second-order valence-electron chi connectivity index (χ2n) is 13.1. The first-order valence-corrected chi connectivity index (χ1v) is 16.6. The topological polar surface area (TPSA) is 296 Å². The summed E-state index contributed by atoms with van der Waals surface area (Å²) in [6, 6.07) is 2.95. The fourth-order valence-corrected chi connectivity index (χ4v) is 7.32. The van der Waals surface area contributed by atoms with Crippen LogP contribution < -0.4 is 15.4 Å². The fraction of sp³-hybridized carbons (Fsp3) is 0.545. The van der Waals surface area contributed by atoms with Crippen molar-refractivity contribution in [3.63, 3.8) is 0 Å². The van der Waals surface area contributed by atoms with Gasteiger partial charge in [-0.1, -0.05) is 6.07 Å². The van der Waals surface area contributed by atoms with Gasteiger partial charge in [-0.15, -0.1) is 0 Å². The number of alkyl halides is 3. The molecule has 2 aliphatic heterocycles. The van der Waals surface area contributed by atoms with Crippen LogP contribution in [0.3, 0.4) is 0 Å². The molecule has 2 bridgehead atoms. The Labute approximate surface area is 308 Å². The lowest BCUT2D eigenvalue weighted by Gasteiger charge is -2.62. The molecule has 22 heteroatoms. The third-order valence-electron chi connectivity index (χ3n) is 9.72. The Morgan fingerprint density at radius 2 is 1.49 bits per heavy atom. The van der Waals surface area contributed by atoms with Gasteiger partial charge in [-0.05, 0) is 44.1 Å². The smallest absolute Gasteiger partial charge is 0.490 e. The van der Waals surface area contributed by atoms with Gasteiger partial charge in [0.2, 0.25) is 11.8 Å². The number of ether oxygens (including phenoxy) is 3. The number of rotatable bonds is 14. The van der Waals surface area contributed by atoms with Gasteiger partial charge < -0.3 is 55.5 Å². The Bertz CT molecular complexity index is 1770. The zero-order valence-electron chi connectivity index (χ0n) is 29.0. The van der Waals surface area contributed by atoms with Gasteiger partial charge in [0, 0.05) is 25.1 Å². The van der Waals surface area contributed by atoms with E-state index in [0.29, 0.717) is 24.9 Å². The van der Waals surface area contributed by atoms with E-state index < -0.39 is 90.0 Å². The molecular weight excluding hydrogens is 751 g/mol. The van der Waals surface area contributed by atoms with E-state index in [4.69, 9.17) is 34.3 Å². The predicted octanol–water partition coefficient (Wildman–Crippen LogP) is -0.919. The van der Waals surface area contributed by atoms with E-state index in [0.717, 1.165) is 5.56 Å². The number of phenolic OH excluding ortho intramolecular Hbond substituents is 1.